The van der Waals surface area contributed by atoms with E-state index in [2.05, 4.69) is 5.32 Å². The molecule has 1 amide bonds. The van der Waals surface area contributed by atoms with Crippen molar-refractivity contribution in [2.75, 3.05) is 37.4 Å². The van der Waals surface area contributed by atoms with Crippen LogP contribution in [0.4, 0.5) is 5.69 Å². The lowest BCUT2D eigenvalue weighted by Gasteiger charge is -2.22. The number of hydrogen-bond acceptors (Lipinski definition) is 5. The van der Waals surface area contributed by atoms with E-state index in [-0.39, 0.29) is 25.0 Å². The van der Waals surface area contributed by atoms with Crippen molar-refractivity contribution in [1.29, 1.82) is 0 Å². The fourth-order valence-electron chi connectivity index (χ4n) is 2.74. The smallest absolute Gasteiger partial charge is 0.232 e. The van der Waals surface area contributed by atoms with Crippen molar-refractivity contribution in [2.24, 2.45) is 0 Å². The fraction of sp³-hybridized carbons (Fsp3) is 0.588. The summed E-state index contributed by atoms with van der Waals surface area (Å²) < 4.78 is 35.9. The Hall–Kier alpha value is -1.80. The van der Waals surface area contributed by atoms with E-state index in [1.807, 2.05) is 0 Å². The summed E-state index contributed by atoms with van der Waals surface area (Å²) in [5, 5.41) is 2.84. The van der Waals surface area contributed by atoms with E-state index >= 15 is 0 Å². The number of benzene rings is 1. The molecular formula is C17H26N2O5S. The first kappa shape index (κ1) is 19.5. The molecule has 8 heteroatoms. The third-order valence-corrected chi connectivity index (χ3v) is 5.27. The average molecular weight is 370 g/mol. The van der Waals surface area contributed by atoms with Crippen LogP contribution in [0.3, 0.4) is 0 Å². The van der Waals surface area contributed by atoms with Gasteiger partial charge in [0.1, 0.15) is 5.75 Å². The molecule has 1 atom stereocenters. The lowest BCUT2D eigenvalue weighted by molar-refractivity contribution is -0.121. The van der Waals surface area contributed by atoms with Gasteiger partial charge in [-0.05, 0) is 43.5 Å². The molecule has 140 valence electrons. The van der Waals surface area contributed by atoms with E-state index in [0.717, 1.165) is 25.7 Å². The maximum Gasteiger partial charge on any atom is 0.232 e. The molecule has 1 N–H and O–H groups in total. The summed E-state index contributed by atoms with van der Waals surface area (Å²) in [6.45, 7) is 1.53. The Kier molecular flexibility index (Phi) is 7.07. The van der Waals surface area contributed by atoms with Crippen molar-refractivity contribution in [3.63, 3.8) is 0 Å². The quantitative estimate of drug-likeness (QED) is 0.713. The maximum absolute atomic E-state index is 12.0. The fourth-order valence-corrected chi connectivity index (χ4v) is 3.70. The molecule has 0 aromatic heterocycles. The molecule has 1 aromatic rings. The predicted octanol–water partition coefficient (Wildman–Crippen LogP) is 1.54. The molecule has 0 saturated carbocycles. The first-order valence-corrected chi connectivity index (χ1v) is 10.2. The molecule has 0 spiro atoms. The van der Waals surface area contributed by atoms with Crippen LogP contribution in [0.1, 0.15) is 25.7 Å². The number of amides is 1. The first-order chi connectivity index (χ1) is 11.9. The lowest BCUT2D eigenvalue weighted by atomic mass is 10.2. The Bertz CT molecular complexity index is 654. The van der Waals surface area contributed by atoms with E-state index in [1.165, 1.54) is 4.31 Å². The second kappa shape index (κ2) is 9.05. The van der Waals surface area contributed by atoms with Crippen molar-refractivity contribution >= 4 is 21.6 Å². The zero-order chi connectivity index (χ0) is 18.3. The SMILES string of the molecule is COc1ccc(N(CCCC(=O)NC[C@H]2CCCO2)S(C)(=O)=O)cc1. The molecule has 0 radical (unpaired) electrons. The number of rotatable bonds is 9. The van der Waals surface area contributed by atoms with Crippen LogP contribution < -0.4 is 14.4 Å². The number of nitrogens with one attached hydrogen (secondary N) is 1. The molecule has 0 bridgehead atoms. The predicted molar refractivity (Wildman–Crippen MR) is 96.4 cm³/mol. The molecule has 0 aliphatic carbocycles. The van der Waals surface area contributed by atoms with Crippen LogP contribution in [0, 0.1) is 0 Å². The Labute approximate surface area is 149 Å². The summed E-state index contributed by atoms with van der Waals surface area (Å²) in [6.07, 6.45) is 3.99. The van der Waals surface area contributed by atoms with Crippen molar-refractivity contribution < 1.29 is 22.7 Å². The molecule has 1 heterocycles. The Morgan fingerprint density at radius 1 is 1.36 bits per heavy atom. The minimum atomic E-state index is -3.42. The van der Waals surface area contributed by atoms with Gasteiger partial charge >= 0.3 is 0 Å². The summed E-state index contributed by atoms with van der Waals surface area (Å²) >= 11 is 0. The molecule has 0 unspecified atom stereocenters. The van der Waals surface area contributed by atoms with Crippen LogP contribution in [-0.2, 0) is 19.6 Å². The van der Waals surface area contributed by atoms with Gasteiger partial charge in [0.25, 0.3) is 0 Å². The van der Waals surface area contributed by atoms with E-state index in [1.54, 1.807) is 31.4 Å². The van der Waals surface area contributed by atoms with Crippen LogP contribution in [-0.4, -0.2) is 53.5 Å². The van der Waals surface area contributed by atoms with Crippen LogP contribution in [0.5, 0.6) is 5.75 Å². The van der Waals surface area contributed by atoms with Gasteiger partial charge < -0.3 is 14.8 Å². The van der Waals surface area contributed by atoms with Gasteiger partial charge in [-0.25, -0.2) is 8.42 Å². The van der Waals surface area contributed by atoms with Crippen molar-refractivity contribution in [3.8, 4) is 5.75 Å². The third kappa shape index (κ3) is 6.21. The zero-order valence-electron chi connectivity index (χ0n) is 14.7. The number of sulfonamides is 1. The molecule has 25 heavy (non-hydrogen) atoms. The van der Waals surface area contributed by atoms with Crippen LogP contribution in [0.25, 0.3) is 0 Å². The van der Waals surface area contributed by atoms with E-state index in [9.17, 15) is 13.2 Å². The van der Waals surface area contributed by atoms with Crippen molar-refractivity contribution in [1.82, 2.24) is 5.32 Å². The highest BCUT2D eigenvalue weighted by Gasteiger charge is 2.19. The number of carbonyl (C=O) groups excluding carboxylic acids is 1. The van der Waals surface area contributed by atoms with E-state index in [4.69, 9.17) is 9.47 Å². The highest BCUT2D eigenvalue weighted by Crippen LogP contribution is 2.22. The standard InChI is InChI=1S/C17H26N2O5S/c1-23-15-9-7-14(8-10-15)19(25(2,21)22)11-3-6-17(20)18-13-16-5-4-12-24-16/h7-10,16H,3-6,11-13H2,1-2H3,(H,18,20)/t16-/m1/s1. The monoisotopic (exact) mass is 370 g/mol. The Morgan fingerprint density at radius 2 is 2.08 bits per heavy atom. The number of ether oxygens (including phenoxy) is 2. The van der Waals surface area contributed by atoms with Crippen LogP contribution in [0.2, 0.25) is 0 Å². The average Bonchev–Trinajstić information content (AvgIpc) is 3.09. The Balaban J connectivity index is 1.84. The minimum absolute atomic E-state index is 0.0846. The van der Waals surface area contributed by atoms with Gasteiger partial charge in [0.05, 0.1) is 25.2 Å². The van der Waals surface area contributed by atoms with Gasteiger partial charge in [-0.15, -0.1) is 0 Å². The minimum Gasteiger partial charge on any atom is -0.497 e. The number of carbonyl (C=O) groups is 1. The summed E-state index contributed by atoms with van der Waals surface area (Å²) in [7, 11) is -1.87. The molecule has 2 rings (SSSR count). The topological polar surface area (TPSA) is 84.9 Å². The van der Waals surface area contributed by atoms with Gasteiger partial charge in [0.15, 0.2) is 0 Å². The number of hydrogen-bond donors (Lipinski definition) is 1. The summed E-state index contributed by atoms with van der Waals surface area (Å²) in [5.41, 5.74) is 0.558. The van der Waals surface area contributed by atoms with Gasteiger partial charge in [-0.3, -0.25) is 9.10 Å². The molecule has 7 nitrogen and oxygen atoms in total. The number of anilines is 1. The Morgan fingerprint density at radius 3 is 2.64 bits per heavy atom. The summed E-state index contributed by atoms with van der Waals surface area (Å²) in [5.74, 6) is 0.574. The van der Waals surface area contributed by atoms with Gasteiger partial charge in [0, 0.05) is 26.1 Å². The van der Waals surface area contributed by atoms with E-state index in [0.29, 0.717) is 24.4 Å². The zero-order valence-corrected chi connectivity index (χ0v) is 15.5. The second-order valence-corrected chi connectivity index (χ2v) is 7.98. The van der Waals surface area contributed by atoms with Crippen LogP contribution >= 0.6 is 0 Å². The first-order valence-electron chi connectivity index (χ1n) is 8.40. The molecule has 1 saturated heterocycles. The van der Waals surface area contributed by atoms with Gasteiger partial charge in [-0.1, -0.05) is 0 Å². The highest BCUT2D eigenvalue weighted by atomic mass is 32.2. The molecule has 1 aromatic carbocycles. The van der Waals surface area contributed by atoms with Gasteiger partial charge in [0.2, 0.25) is 15.9 Å². The second-order valence-electron chi connectivity index (χ2n) is 6.08. The van der Waals surface area contributed by atoms with Crippen molar-refractivity contribution in [2.45, 2.75) is 31.8 Å². The van der Waals surface area contributed by atoms with Crippen molar-refractivity contribution in [3.05, 3.63) is 24.3 Å². The van der Waals surface area contributed by atoms with E-state index < -0.39 is 10.0 Å². The molecule has 1 aliphatic heterocycles. The highest BCUT2D eigenvalue weighted by molar-refractivity contribution is 7.92. The molecular weight excluding hydrogens is 344 g/mol. The largest absolute Gasteiger partial charge is 0.497 e. The molecule has 1 fully saturated rings. The summed E-state index contributed by atoms with van der Waals surface area (Å²) in [6, 6.07) is 6.80. The van der Waals surface area contributed by atoms with Gasteiger partial charge in [-0.2, -0.15) is 0 Å². The normalized spacial score (nSPS) is 17.3. The summed E-state index contributed by atoms with van der Waals surface area (Å²) in [4.78, 5) is 11.9. The molecule has 1 aliphatic rings. The maximum atomic E-state index is 12.0. The van der Waals surface area contributed by atoms with Crippen LogP contribution in [0.15, 0.2) is 24.3 Å². The lowest BCUT2D eigenvalue weighted by Crippen LogP contribution is -2.34. The number of methoxy groups -OCH3 is 1. The number of nitrogens with zero attached hydrogens (tertiary/aromatic N) is 1. The third-order valence-electron chi connectivity index (χ3n) is 4.08.